The van der Waals surface area contributed by atoms with Gasteiger partial charge in [-0.3, -0.25) is 0 Å². The van der Waals surface area contributed by atoms with E-state index in [0.717, 1.165) is 0 Å². The van der Waals surface area contributed by atoms with Crippen molar-refractivity contribution in [3.8, 4) is 0 Å². The summed E-state index contributed by atoms with van der Waals surface area (Å²) in [5.74, 6) is 3.06. The van der Waals surface area contributed by atoms with E-state index >= 15 is 0 Å². The van der Waals surface area contributed by atoms with E-state index in [1.54, 1.807) is 0 Å². The van der Waals surface area contributed by atoms with Gasteiger partial charge in [-0.2, -0.15) is 0 Å². The molecule has 2 nitrogen and oxygen atoms in total. The minimum absolute atomic E-state index is 0. The van der Waals surface area contributed by atoms with Crippen molar-refractivity contribution in [2.45, 2.75) is 50.7 Å². The van der Waals surface area contributed by atoms with Crippen molar-refractivity contribution >= 4 is 32.9 Å². The summed E-state index contributed by atoms with van der Waals surface area (Å²) >= 11 is -0.556. The summed E-state index contributed by atoms with van der Waals surface area (Å²) in [5, 5.41) is 5.52. The number of hydrogen-bond donors (Lipinski definition) is 0. The Morgan fingerprint density at radius 2 is 1.39 bits per heavy atom. The van der Waals surface area contributed by atoms with Gasteiger partial charge < -0.3 is 17.3 Å². The van der Waals surface area contributed by atoms with Crippen LogP contribution in [0.25, 0.3) is 11.4 Å². The van der Waals surface area contributed by atoms with Gasteiger partial charge in [-0.15, -0.1) is 0 Å². The van der Waals surface area contributed by atoms with E-state index in [1.807, 2.05) is 0 Å². The monoisotopic (exact) mass is 572 g/mol. The number of hydrogen-bond acceptors (Lipinski definition) is 1. The van der Waals surface area contributed by atoms with Gasteiger partial charge in [-0.1, -0.05) is 136 Å². The van der Waals surface area contributed by atoms with E-state index < -0.39 is 25.3 Å². The van der Waals surface area contributed by atoms with E-state index in [4.69, 9.17) is 23.9 Å². The Morgan fingerprint density at radius 3 is 1.94 bits per heavy atom. The fraction of sp³-hybridized carbons (Fsp3) is 0.433. The van der Waals surface area contributed by atoms with Gasteiger partial charge in [0.1, 0.15) is 8.24 Å². The fourth-order valence-electron chi connectivity index (χ4n) is 7.61. The van der Waals surface area contributed by atoms with E-state index in [9.17, 15) is 0 Å². The molecule has 5 aliphatic rings. The van der Waals surface area contributed by atoms with Gasteiger partial charge >= 0.3 is 35.6 Å². The van der Waals surface area contributed by atoms with E-state index in [2.05, 4.69) is 117 Å². The van der Waals surface area contributed by atoms with Gasteiger partial charge in [0.2, 0.25) is 0 Å². The zero-order valence-corrected chi connectivity index (χ0v) is 26.0. The van der Waals surface area contributed by atoms with Crippen molar-refractivity contribution in [1.82, 2.24) is 4.57 Å². The molecule has 1 saturated carbocycles. The first-order chi connectivity index (χ1) is 16.9. The number of nitrogens with zero attached hydrogens (tertiary/aromatic N) is 2. The molecule has 192 valence electrons. The summed E-state index contributed by atoms with van der Waals surface area (Å²) in [6.45, 7) is 10.0. The van der Waals surface area contributed by atoms with Crippen LogP contribution >= 0.6 is 18.6 Å². The molecule has 0 bridgehead atoms. The number of rotatable bonds is 3. The third-order valence-electron chi connectivity index (χ3n) is 8.83. The zero-order valence-electron chi connectivity index (χ0n) is 21.9. The molecule has 6 rings (SSSR count). The first-order valence-electron chi connectivity index (χ1n) is 12.8. The van der Waals surface area contributed by atoms with Crippen LogP contribution in [0.3, 0.4) is 0 Å². The Hall–Kier alpha value is -0.649. The fourth-order valence-corrected chi connectivity index (χ4v) is 12.5. The van der Waals surface area contributed by atoms with Crippen LogP contribution in [0.1, 0.15) is 31.0 Å². The van der Waals surface area contributed by atoms with E-state index in [-0.39, 0.29) is 13.5 Å². The van der Waals surface area contributed by atoms with Crippen molar-refractivity contribution in [3.05, 3.63) is 103 Å². The van der Waals surface area contributed by atoms with Crippen molar-refractivity contribution < 1.29 is 17.0 Å². The molecular weight excluding hydrogens is 535 g/mol. The van der Waals surface area contributed by atoms with E-state index in [1.165, 1.54) is 11.1 Å². The maximum absolute atomic E-state index is 5.52. The molecule has 4 aliphatic carbocycles. The molecule has 1 aliphatic heterocycles. The van der Waals surface area contributed by atoms with Crippen LogP contribution in [0.2, 0.25) is 18.6 Å². The molecular formula is C30H38Cl2N2SiTi-2. The second kappa shape index (κ2) is 11.6. The van der Waals surface area contributed by atoms with Gasteiger partial charge in [-0.25, -0.2) is 0 Å². The zero-order chi connectivity index (χ0) is 24.7. The molecule has 0 amide bonds. The summed E-state index contributed by atoms with van der Waals surface area (Å²) in [7, 11) is 7.89. The van der Waals surface area contributed by atoms with Crippen molar-refractivity contribution in [3.63, 3.8) is 0 Å². The molecule has 7 atom stereocenters. The average Bonchev–Trinajstić information content (AvgIpc) is 3.42. The average molecular weight is 574 g/mol. The van der Waals surface area contributed by atoms with Gasteiger partial charge in [0.05, 0.1) is 0 Å². The molecule has 0 radical (unpaired) electrons. The number of allylic oxidation sites excluding steroid dienone is 8. The second-order valence-corrected chi connectivity index (χ2v) is 18.3. The van der Waals surface area contributed by atoms with Crippen molar-refractivity contribution in [2.75, 3.05) is 0 Å². The number of fused-ring (bicyclic) bond motifs is 6. The van der Waals surface area contributed by atoms with Crippen LogP contribution in [0, 0.1) is 37.0 Å². The third-order valence-corrected chi connectivity index (χ3v) is 13.1. The molecule has 0 spiro atoms. The SMILES string of the molecule is CC(C)[C@H]1[N-]C2c3ccccc3C=C[C@H]2N1[Si](C)(C)C1C2C=CC=CC2C2C=CC=CC21.[CH3-].[Cl][Ti][Cl]. The van der Waals surface area contributed by atoms with Gasteiger partial charge in [-0.05, 0) is 34.8 Å². The molecule has 1 aromatic rings. The standard InChI is InChI=1S/C29H35N2Si.CH3.2ClH.Ti/c1-19(2)29-30-27-21-12-6-5-11-20(21)17-18-26(27)31(29)32(3,4)28-24-15-9-7-13-22(24)23-14-8-10-16-25(23)28;;;;/h5-19,22-29H,1-4H3;1H3;2*1H;/q2*-1;;;+2/p-2/t22?,23?,24?,25?,26-,27?,28?,29+;;;;/m1..../s1. The molecule has 0 N–H and O–H groups in total. The van der Waals surface area contributed by atoms with Crippen LogP contribution in [0.5, 0.6) is 0 Å². The minimum atomic E-state index is -1.89. The number of halogens is 2. The Morgan fingerprint density at radius 1 is 0.861 bits per heavy atom. The summed E-state index contributed by atoms with van der Waals surface area (Å²) in [5.41, 5.74) is 3.46. The molecule has 2 fully saturated rings. The molecule has 36 heavy (non-hydrogen) atoms. The molecule has 6 heteroatoms. The molecule has 1 aromatic carbocycles. The predicted molar refractivity (Wildman–Crippen MR) is 156 cm³/mol. The molecule has 0 aromatic heterocycles. The third kappa shape index (κ3) is 4.79. The topological polar surface area (TPSA) is 17.3 Å². The van der Waals surface area contributed by atoms with Gasteiger partial charge in [0.15, 0.2) is 0 Å². The quantitative estimate of drug-likeness (QED) is 0.261. The van der Waals surface area contributed by atoms with Gasteiger partial charge in [0, 0.05) is 6.04 Å². The van der Waals surface area contributed by atoms with Crippen molar-refractivity contribution in [1.29, 1.82) is 0 Å². The first-order valence-corrected chi connectivity index (χ1v) is 20.1. The van der Waals surface area contributed by atoms with Crippen LogP contribution in [0.15, 0.2) is 78.9 Å². The summed E-state index contributed by atoms with van der Waals surface area (Å²) in [6.07, 6.45) is 24.3. The maximum atomic E-state index is 5.52. The van der Waals surface area contributed by atoms with Crippen LogP contribution < -0.4 is 0 Å². The van der Waals surface area contributed by atoms with Crippen LogP contribution in [0.4, 0.5) is 0 Å². The molecule has 1 saturated heterocycles. The molecule has 5 unspecified atom stereocenters. The van der Waals surface area contributed by atoms with Gasteiger partial charge in [0.25, 0.3) is 0 Å². The first kappa shape index (κ1) is 28.4. The van der Waals surface area contributed by atoms with E-state index in [0.29, 0.717) is 47.3 Å². The Kier molecular flexibility index (Phi) is 9.15. The predicted octanol–water partition coefficient (Wildman–Crippen LogP) is 8.93. The van der Waals surface area contributed by atoms with Crippen LogP contribution in [-0.4, -0.2) is 25.0 Å². The summed E-state index contributed by atoms with van der Waals surface area (Å²) in [4.78, 5) is 0. The Labute approximate surface area is 236 Å². The molecule has 1 heterocycles. The normalized spacial score (nSPS) is 35.3. The summed E-state index contributed by atoms with van der Waals surface area (Å²) < 4.78 is 2.94. The Balaban J connectivity index is 0.000000726. The summed E-state index contributed by atoms with van der Waals surface area (Å²) in [6, 6.07) is 9.55. The Bertz CT molecular complexity index is 1040. The van der Waals surface area contributed by atoms with Crippen molar-refractivity contribution in [2.24, 2.45) is 29.6 Å². The second-order valence-electron chi connectivity index (χ2n) is 11.2. The van der Waals surface area contributed by atoms with Crippen LogP contribution in [-0.2, 0) is 17.0 Å². The number of benzene rings is 1.